The Morgan fingerprint density at radius 1 is 1.15 bits per heavy atom. The minimum atomic E-state index is 0. The number of halogens is 1. The fourth-order valence-corrected chi connectivity index (χ4v) is 5.27. The molecule has 0 aromatic heterocycles. The van der Waals surface area contributed by atoms with Crippen LogP contribution in [0.1, 0.15) is 32.3 Å². The number of benzene rings is 1. The molecule has 0 saturated carbocycles. The molecule has 33 heavy (non-hydrogen) atoms. The number of nitrogens with zero attached hydrogens (tertiary/aromatic N) is 3. The Labute approximate surface area is 216 Å². The molecule has 8 heteroatoms. The van der Waals surface area contributed by atoms with Crippen molar-refractivity contribution in [1.29, 1.82) is 0 Å². The number of guanidine groups is 1. The summed E-state index contributed by atoms with van der Waals surface area (Å²) in [6.45, 7) is 13.6. The van der Waals surface area contributed by atoms with Crippen LogP contribution < -0.4 is 10.6 Å². The molecule has 0 radical (unpaired) electrons. The summed E-state index contributed by atoms with van der Waals surface area (Å²) in [5.41, 5.74) is 1.38. The van der Waals surface area contributed by atoms with E-state index in [1.54, 1.807) is 0 Å². The van der Waals surface area contributed by atoms with Crippen molar-refractivity contribution in [2.75, 3.05) is 59.2 Å². The third-order valence-corrected chi connectivity index (χ3v) is 7.08. The van der Waals surface area contributed by atoms with Crippen LogP contribution in [-0.2, 0) is 16.0 Å². The van der Waals surface area contributed by atoms with Crippen molar-refractivity contribution in [3.05, 3.63) is 35.9 Å². The molecule has 0 spiro atoms. The van der Waals surface area contributed by atoms with Crippen molar-refractivity contribution < 1.29 is 9.47 Å². The molecule has 3 aliphatic rings. The van der Waals surface area contributed by atoms with Gasteiger partial charge in [-0.15, -0.1) is 24.0 Å². The van der Waals surface area contributed by atoms with Gasteiger partial charge in [-0.05, 0) is 32.3 Å². The first kappa shape index (κ1) is 26.7. The molecule has 3 heterocycles. The zero-order valence-electron chi connectivity index (χ0n) is 20.2. The average molecular weight is 572 g/mol. The van der Waals surface area contributed by atoms with Gasteiger partial charge in [0.15, 0.2) is 5.96 Å². The second-order valence-corrected chi connectivity index (χ2v) is 9.40. The van der Waals surface area contributed by atoms with E-state index in [0.29, 0.717) is 24.0 Å². The van der Waals surface area contributed by atoms with Gasteiger partial charge >= 0.3 is 0 Å². The van der Waals surface area contributed by atoms with Gasteiger partial charge in [0.05, 0.1) is 26.4 Å². The summed E-state index contributed by atoms with van der Waals surface area (Å²) in [6.07, 6.45) is 2.27. The molecule has 0 bridgehead atoms. The lowest BCUT2D eigenvalue weighted by atomic mass is 9.97. The lowest BCUT2D eigenvalue weighted by molar-refractivity contribution is 0.00368. The fraction of sp³-hybridized carbons (Fsp3) is 0.720. The molecule has 1 aromatic carbocycles. The highest BCUT2D eigenvalue weighted by Crippen LogP contribution is 2.23. The smallest absolute Gasteiger partial charge is 0.191 e. The zero-order valence-corrected chi connectivity index (χ0v) is 22.6. The summed E-state index contributed by atoms with van der Waals surface area (Å²) in [4.78, 5) is 10.2. The van der Waals surface area contributed by atoms with E-state index < -0.39 is 0 Å². The van der Waals surface area contributed by atoms with Crippen molar-refractivity contribution in [2.45, 2.75) is 51.4 Å². The van der Waals surface area contributed by atoms with E-state index in [0.717, 1.165) is 84.5 Å². The average Bonchev–Trinajstić information content (AvgIpc) is 3.46. The van der Waals surface area contributed by atoms with Gasteiger partial charge in [0.25, 0.3) is 0 Å². The first-order valence-corrected chi connectivity index (χ1v) is 12.4. The van der Waals surface area contributed by atoms with E-state index >= 15 is 0 Å². The van der Waals surface area contributed by atoms with Gasteiger partial charge in [0, 0.05) is 63.4 Å². The van der Waals surface area contributed by atoms with Crippen LogP contribution in [0.4, 0.5) is 0 Å². The van der Waals surface area contributed by atoms with E-state index in [1.165, 1.54) is 5.56 Å². The lowest BCUT2D eigenvalue weighted by Crippen LogP contribution is -2.50. The first-order valence-electron chi connectivity index (χ1n) is 12.4. The molecular formula is C25H42IN5O2. The fourth-order valence-electron chi connectivity index (χ4n) is 5.27. The van der Waals surface area contributed by atoms with Gasteiger partial charge in [-0.3, -0.25) is 14.8 Å². The topological polar surface area (TPSA) is 61.4 Å². The maximum absolute atomic E-state index is 5.72. The second-order valence-electron chi connectivity index (χ2n) is 9.40. The molecule has 3 saturated heterocycles. The Kier molecular flexibility index (Phi) is 11.2. The van der Waals surface area contributed by atoms with Crippen LogP contribution in [0.3, 0.4) is 0 Å². The van der Waals surface area contributed by atoms with Gasteiger partial charge < -0.3 is 20.1 Å². The van der Waals surface area contributed by atoms with E-state index in [-0.39, 0.29) is 24.0 Å². The molecule has 4 rings (SSSR count). The van der Waals surface area contributed by atoms with Gasteiger partial charge in [0.2, 0.25) is 0 Å². The zero-order chi connectivity index (χ0) is 22.2. The standard InChI is InChI=1S/C25H41N5O2.HI/c1-3-26-25(27-16-24(22-9-12-32-19-22)29-10-13-31-14-11-29)28-23-15-20(2)30(18-23)17-21-7-5-4-6-8-21;/h4-8,20,22-24H,3,9-19H2,1-2H3,(H2,26,27,28);1H. The molecule has 186 valence electrons. The van der Waals surface area contributed by atoms with Gasteiger partial charge in [-0.25, -0.2) is 0 Å². The molecule has 0 aliphatic carbocycles. The number of aliphatic imine (C=N–C) groups is 1. The lowest BCUT2D eigenvalue weighted by Gasteiger charge is -2.36. The summed E-state index contributed by atoms with van der Waals surface area (Å²) in [7, 11) is 0. The Hall–Kier alpha value is -0.940. The third kappa shape index (κ3) is 7.78. The Bertz CT molecular complexity index is 710. The number of rotatable bonds is 8. The second kappa shape index (κ2) is 13.8. The number of hydrogen-bond donors (Lipinski definition) is 2. The summed E-state index contributed by atoms with van der Waals surface area (Å²) < 4.78 is 11.3. The van der Waals surface area contributed by atoms with Crippen LogP contribution >= 0.6 is 24.0 Å². The van der Waals surface area contributed by atoms with Crippen LogP contribution in [0.5, 0.6) is 0 Å². The monoisotopic (exact) mass is 571 g/mol. The highest BCUT2D eigenvalue weighted by atomic mass is 127. The van der Waals surface area contributed by atoms with Crippen molar-refractivity contribution in [2.24, 2.45) is 10.9 Å². The highest BCUT2D eigenvalue weighted by molar-refractivity contribution is 14.0. The van der Waals surface area contributed by atoms with E-state index in [9.17, 15) is 0 Å². The Morgan fingerprint density at radius 2 is 1.94 bits per heavy atom. The molecule has 3 fully saturated rings. The number of morpholine rings is 1. The minimum Gasteiger partial charge on any atom is -0.381 e. The van der Waals surface area contributed by atoms with Crippen LogP contribution in [0.2, 0.25) is 0 Å². The normalized spacial score (nSPS) is 27.8. The number of ether oxygens (including phenoxy) is 2. The first-order chi connectivity index (χ1) is 15.7. The quantitative estimate of drug-likeness (QED) is 0.284. The molecule has 7 nitrogen and oxygen atoms in total. The molecule has 1 aromatic rings. The SMILES string of the molecule is CCNC(=NCC(C1CCOC1)N1CCOCC1)NC1CC(C)N(Cc2ccccc2)C1.I. The predicted octanol–water partition coefficient (Wildman–Crippen LogP) is 2.56. The van der Waals surface area contributed by atoms with Gasteiger partial charge in [-0.1, -0.05) is 30.3 Å². The number of hydrogen-bond acceptors (Lipinski definition) is 5. The van der Waals surface area contributed by atoms with E-state index in [1.807, 2.05) is 0 Å². The molecule has 2 N–H and O–H groups in total. The summed E-state index contributed by atoms with van der Waals surface area (Å²) in [6, 6.07) is 12.2. The van der Waals surface area contributed by atoms with Crippen molar-refractivity contribution in [3.63, 3.8) is 0 Å². The van der Waals surface area contributed by atoms with Crippen LogP contribution in [0, 0.1) is 5.92 Å². The maximum Gasteiger partial charge on any atom is 0.191 e. The minimum absolute atomic E-state index is 0. The highest BCUT2D eigenvalue weighted by Gasteiger charge is 2.32. The summed E-state index contributed by atoms with van der Waals surface area (Å²) in [5, 5.41) is 7.22. The molecular weight excluding hydrogens is 529 g/mol. The third-order valence-electron chi connectivity index (χ3n) is 7.08. The molecule has 4 unspecified atom stereocenters. The number of nitrogens with one attached hydrogen (secondary N) is 2. The van der Waals surface area contributed by atoms with Crippen molar-refractivity contribution in [3.8, 4) is 0 Å². The molecule has 3 aliphatic heterocycles. The summed E-state index contributed by atoms with van der Waals surface area (Å²) >= 11 is 0. The predicted molar refractivity (Wildman–Crippen MR) is 144 cm³/mol. The van der Waals surface area contributed by atoms with Crippen LogP contribution in [-0.4, -0.2) is 93.0 Å². The van der Waals surface area contributed by atoms with Crippen molar-refractivity contribution in [1.82, 2.24) is 20.4 Å². The molecule has 0 amide bonds. The Balaban J connectivity index is 0.00000306. The van der Waals surface area contributed by atoms with Crippen LogP contribution in [0.15, 0.2) is 35.3 Å². The Morgan fingerprint density at radius 3 is 2.64 bits per heavy atom. The van der Waals surface area contributed by atoms with Gasteiger partial charge in [0.1, 0.15) is 0 Å². The maximum atomic E-state index is 5.72. The van der Waals surface area contributed by atoms with E-state index in [2.05, 4.69) is 64.6 Å². The summed E-state index contributed by atoms with van der Waals surface area (Å²) in [5.74, 6) is 1.51. The van der Waals surface area contributed by atoms with Crippen molar-refractivity contribution >= 4 is 29.9 Å². The van der Waals surface area contributed by atoms with Gasteiger partial charge in [-0.2, -0.15) is 0 Å². The van der Waals surface area contributed by atoms with E-state index in [4.69, 9.17) is 14.5 Å². The largest absolute Gasteiger partial charge is 0.381 e. The molecule has 4 atom stereocenters. The number of likely N-dealkylation sites (tertiary alicyclic amines) is 1. The van der Waals surface area contributed by atoms with Crippen LogP contribution in [0.25, 0.3) is 0 Å².